The summed E-state index contributed by atoms with van der Waals surface area (Å²) < 4.78 is 0. The number of aliphatic imine (C=N–C) groups is 1. The predicted molar refractivity (Wildman–Crippen MR) is 127 cm³/mol. The van der Waals surface area contributed by atoms with Crippen LogP contribution in [0.15, 0.2) is 35.3 Å². The van der Waals surface area contributed by atoms with Crippen molar-refractivity contribution in [1.82, 2.24) is 20.4 Å². The lowest BCUT2D eigenvalue weighted by Crippen LogP contribution is -2.43. The maximum Gasteiger partial charge on any atom is 0.239 e. The normalized spacial score (nSPS) is 17.1. The molecule has 0 bridgehead atoms. The molecule has 1 aliphatic heterocycles. The van der Waals surface area contributed by atoms with Crippen molar-refractivity contribution in [2.75, 3.05) is 46.8 Å². The van der Waals surface area contributed by atoms with E-state index in [4.69, 9.17) is 0 Å². The number of nitrogens with one attached hydrogen (secondary N) is 2. The highest BCUT2D eigenvalue weighted by molar-refractivity contribution is 14.0. The number of benzene rings is 1. The Labute approximate surface area is 187 Å². The third kappa shape index (κ3) is 8.34. The minimum atomic E-state index is 0. The minimum absolute atomic E-state index is 0. The van der Waals surface area contributed by atoms with E-state index < -0.39 is 0 Å². The van der Waals surface area contributed by atoms with Gasteiger partial charge in [-0.25, -0.2) is 0 Å². The van der Waals surface area contributed by atoms with Crippen molar-refractivity contribution in [2.24, 2.45) is 4.99 Å². The van der Waals surface area contributed by atoms with Gasteiger partial charge in [-0.2, -0.15) is 0 Å². The number of rotatable bonds is 9. The second kappa shape index (κ2) is 13.8. The first-order chi connectivity index (χ1) is 13.1. The van der Waals surface area contributed by atoms with Crippen LogP contribution in [0.3, 0.4) is 0 Å². The van der Waals surface area contributed by atoms with E-state index in [2.05, 4.69) is 51.7 Å². The molecular formula is C21H36IN5O. The molecule has 1 fully saturated rings. The average molecular weight is 501 g/mol. The smallest absolute Gasteiger partial charge is 0.239 e. The molecule has 1 aliphatic rings. The van der Waals surface area contributed by atoms with E-state index in [-0.39, 0.29) is 35.9 Å². The molecule has 1 heterocycles. The topological polar surface area (TPSA) is 60.0 Å². The molecule has 0 aliphatic carbocycles. The summed E-state index contributed by atoms with van der Waals surface area (Å²) in [5, 5.41) is 6.71. The van der Waals surface area contributed by atoms with Crippen LogP contribution in [0.4, 0.5) is 0 Å². The molecule has 1 aromatic carbocycles. The van der Waals surface area contributed by atoms with Crippen LogP contribution in [0.2, 0.25) is 0 Å². The third-order valence-electron chi connectivity index (χ3n) is 4.86. The number of likely N-dealkylation sites (tertiary alicyclic amines) is 1. The SMILES string of the molecule is CCNC(=NCCCN1CCCC1C(=O)N(C)C)NCCc1ccccc1.I. The number of nitrogens with zero attached hydrogens (tertiary/aromatic N) is 3. The first-order valence-corrected chi connectivity index (χ1v) is 10.1. The van der Waals surface area contributed by atoms with Crippen LogP contribution in [-0.2, 0) is 11.2 Å². The Balaban J connectivity index is 0.00000392. The number of guanidine groups is 1. The standard InChI is InChI=1S/C21H35N5O.HI/c1-4-22-21(24-15-13-18-10-6-5-7-11-18)23-14-9-17-26-16-8-12-19(26)20(27)25(2)3;/h5-7,10-11,19H,4,8-9,12-17H2,1-3H3,(H2,22,23,24);1H. The van der Waals surface area contributed by atoms with Gasteiger partial charge in [-0.05, 0) is 44.7 Å². The molecule has 6 nitrogen and oxygen atoms in total. The summed E-state index contributed by atoms with van der Waals surface area (Å²) in [6.45, 7) is 6.50. The Bertz CT molecular complexity index is 594. The van der Waals surface area contributed by atoms with Gasteiger partial charge in [0, 0.05) is 40.3 Å². The molecule has 2 N–H and O–H groups in total. The third-order valence-corrected chi connectivity index (χ3v) is 4.86. The zero-order chi connectivity index (χ0) is 19.5. The zero-order valence-electron chi connectivity index (χ0n) is 17.5. The van der Waals surface area contributed by atoms with E-state index in [1.165, 1.54) is 5.56 Å². The fraction of sp³-hybridized carbons (Fsp3) is 0.619. The van der Waals surface area contributed by atoms with Gasteiger partial charge in [0.05, 0.1) is 6.04 Å². The van der Waals surface area contributed by atoms with Gasteiger partial charge in [-0.3, -0.25) is 14.7 Å². The zero-order valence-corrected chi connectivity index (χ0v) is 19.8. The summed E-state index contributed by atoms with van der Waals surface area (Å²) in [5.74, 6) is 1.10. The lowest BCUT2D eigenvalue weighted by Gasteiger charge is -2.25. The molecule has 1 atom stereocenters. The Hall–Kier alpha value is -1.35. The van der Waals surface area contributed by atoms with Crippen molar-refractivity contribution in [3.8, 4) is 0 Å². The maximum absolute atomic E-state index is 12.3. The fourth-order valence-electron chi connectivity index (χ4n) is 3.45. The highest BCUT2D eigenvalue weighted by Gasteiger charge is 2.30. The van der Waals surface area contributed by atoms with Crippen molar-refractivity contribution in [1.29, 1.82) is 0 Å². The van der Waals surface area contributed by atoms with Gasteiger partial charge in [0.1, 0.15) is 0 Å². The van der Waals surface area contributed by atoms with Crippen molar-refractivity contribution >= 4 is 35.8 Å². The molecule has 158 valence electrons. The van der Waals surface area contributed by atoms with Gasteiger partial charge in [0.2, 0.25) is 5.91 Å². The molecule has 7 heteroatoms. The number of carbonyl (C=O) groups excluding carboxylic acids is 1. The second-order valence-corrected chi connectivity index (χ2v) is 7.20. The van der Waals surface area contributed by atoms with Crippen molar-refractivity contribution in [2.45, 2.75) is 38.6 Å². The summed E-state index contributed by atoms with van der Waals surface area (Å²) >= 11 is 0. The quantitative estimate of drug-likeness (QED) is 0.236. The Morgan fingerprint density at radius 1 is 1.25 bits per heavy atom. The van der Waals surface area contributed by atoms with E-state index >= 15 is 0 Å². The van der Waals surface area contributed by atoms with Gasteiger partial charge < -0.3 is 15.5 Å². The number of carbonyl (C=O) groups is 1. The molecule has 0 spiro atoms. The van der Waals surface area contributed by atoms with Gasteiger partial charge in [-0.1, -0.05) is 30.3 Å². The van der Waals surface area contributed by atoms with E-state index in [9.17, 15) is 4.79 Å². The van der Waals surface area contributed by atoms with E-state index in [1.54, 1.807) is 4.90 Å². The van der Waals surface area contributed by atoms with Gasteiger partial charge in [0.15, 0.2) is 5.96 Å². The Morgan fingerprint density at radius 3 is 2.68 bits per heavy atom. The Morgan fingerprint density at radius 2 is 2.00 bits per heavy atom. The lowest BCUT2D eigenvalue weighted by molar-refractivity contribution is -0.133. The van der Waals surface area contributed by atoms with Crippen LogP contribution in [0.5, 0.6) is 0 Å². The van der Waals surface area contributed by atoms with Crippen LogP contribution in [0, 0.1) is 0 Å². The highest BCUT2D eigenvalue weighted by Crippen LogP contribution is 2.18. The van der Waals surface area contributed by atoms with E-state index in [1.807, 2.05) is 20.2 Å². The largest absolute Gasteiger partial charge is 0.357 e. The Kier molecular flexibility index (Phi) is 12.1. The van der Waals surface area contributed by atoms with Crippen molar-refractivity contribution in [3.05, 3.63) is 35.9 Å². The monoisotopic (exact) mass is 501 g/mol. The molecule has 0 aromatic heterocycles. The molecule has 1 aromatic rings. The summed E-state index contributed by atoms with van der Waals surface area (Å²) in [7, 11) is 3.68. The minimum Gasteiger partial charge on any atom is -0.357 e. The molecule has 28 heavy (non-hydrogen) atoms. The number of halogens is 1. The molecule has 1 amide bonds. The number of hydrogen-bond donors (Lipinski definition) is 2. The predicted octanol–water partition coefficient (Wildman–Crippen LogP) is 2.34. The summed E-state index contributed by atoms with van der Waals surface area (Å²) in [6.07, 6.45) is 4.03. The number of amides is 1. The second-order valence-electron chi connectivity index (χ2n) is 7.20. The van der Waals surface area contributed by atoms with Crippen LogP contribution >= 0.6 is 24.0 Å². The molecular weight excluding hydrogens is 465 g/mol. The first-order valence-electron chi connectivity index (χ1n) is 10.1. The highest BCUT2D eigenvalue weighted by atomic mass is 127. The summed E-state index contributed by atoms with van der Waals surface area (Å²) in [6, 6.07) is 10.5. The van der Waals surface area contributed by atoms with Gasteiger partial charge >= 0.3 is 0 Å². The summed E-state index contributed by atoms with van der Waals surface area (Å²) in [4.78, 5) is 21.0. The molecule has 0 saturated carbocycles. The van der Waals surface area contributed by atoms with Crippen molar-refractivity contribution in [3.63, 3.8) is 0 Å². The molecule has 1 saturated heterocycles. The lowest BCUT2D eigenvalue weighted by atomic mass is 10.1. The van der Waals surface area contributed by atoms with Crippen LogP contribution < -0.4 is 10.6 Å². The van der Waals surface area contributed by atoms with Gasteiger partial charge in [-0.15, -0.1) is 24.0 Å². The number of likely N-dealkylation sites (N-methyl/N-ethyl adjacent to an activating group) is 1. The molecule has 1 unspecified atom stereocenters. The first kappa shape index (κ1) is 24.7. The van der Waals surface area contributed by atoms with E-state index in [0.717, 1.165) is 64.4 Å². The summed E-state index contributed by atoms with van der Waals surface area (Å²) in [5.41, 5.74) is 1.33. The molecule has 2 rings (SSSR count). The van der Waals surface area contributed by atoms with Crippen molar-refractivity contribution < 1.29 is 4.79 Å². The maximum atomic E-state index is 12.3. The van der Waals surface area contributed by atoms with Gasteiger partial charge in [0.25, 0.3) is 0 Å². The van der Waals surface area contributed by atoms with Crippen LogP contribution in [-0.4, -0.2) is 74.5 Å². The molecule has 0 radical (unpaired) electrons. The van der Waals surface area contributed by atoms with Crippen LogP contribution in [0.25, 0.3) is 0 Å². The van der Waals surface area contributed by atoms with E-state index in [0.29, 0.717) is 0 Å². The average Bonchev–Trinajstić information content (AvgIpc) is 3.13. The number of hydrogen-bond acceptors (Lipinski definition) is 3. The fourth-order valence-corrected chi connectivity index (χ4v) is 3.45. The van der Waals surface area contributed by atoms with Crippen LogP contribution in [0.1, 0.15) is 31.7 Å².